The fraction of sp³-hybridized carbons (Fsp3) is 0.417. The molecule has 19 heavy (non-hydrogen) atoms. The van der Waals surface area contributed by atoms with E-state index in [-0.39, 0.29) is 10.6 Å². The van der Waals surface area contributed by atoms with Crippen molar-refractivity contribution in [2.75, 3.05) is 37.3 Å². The predicted octanol–water partition coefficient (Wildman–Crippen LogP) is 2.01. The van der Waals surface area contributed by atoms with Crippen molar-refractivity contribution in [3.8, 4) is 0 Å². The number of thioether (sulfide) groups is 1. The smallest absolute Gasteiger partial charge is 0.269 e. The third-order valence-corrected chi connectivity index (χ3v) is 3.83. The Bertz CT molecular complexity index is 469. The van der Waals surface area contributed by atoms with Crippen LogP contribution in [-0.2, 0) is 0 Å². The van der Waals surface area contributed by atoms with Gasteiger partial charge in [0.25, 0.3) is 5.69 Å². The van der Waals surface area contributed by atoms with E-state index in [9.17, 15) is 10.1 Å². The molecule has 1 aromatic carbocycles. The molecule has 102 valence electrons. The fourth-order valence-electron chi connectivity index (χ4n) is 2.08. The molecule has 1 aliphatic heterocycles. The summed E-state index contributed by atoms with van der Waals surface area (Å²) in [5.41, 5.74) is 1.12. The zero-order valence-electron chi connectivity index (χ0n) is 10.7. The predicted molar refractivity (Wildman–Crippen MR) is 78.1 cm³/mol. The fourth-order valence-corrected chi connectivity index (χ4v) is 2.52. The summed E-state index contributed by atoms with van der Waals surface area (Å²) >= 11 is 1.45. The molecule has 2 rings (SSSR count). The van der Waals surface area contributed by atoms with E-state index in [4.69, 9.17) is 5.41 Å². The van der Waals surface area contributed by atoms with E-state index in [1.807, 2.05) is 11.2 Å². The summed E-state index contributed by atoms with van der Waals surface area (Å²) in [6.45, 7) is 3.30. The molecule has 0 saturated carbocycles. The zero-order valence-corrected chi connectivity index (χ0v) is 11.5. The van der Waals surface area contributed by atoms with Crippen molar-refractivity contribution in [3.63, 3.8) is 0 Å². The minimum absolute atomic E-state index is 0.117. The molecule has 0 spiro atoms. The van der Waals surface area contributed by atoms with Crippen molar-refractivity contribution in [1.82, 2.24) is 4.90 Å². The number of hydrogen-bond donors (Lipinski definition) is 1. The molecule has 0 aliphatic carbocycles. The molecule has 0 amide bonds. The van der Waals surface area contributed by atoms with Crippen molar-refractivity contribution in [2.24, 2.45) is 0 Å². The van der Waals surface area contributed by atoms with E-state index in [1.165, 1.54) is 23.9 Å². The minimum Gasteiger partial charge on any atom is -0.368 e. The molecule has 0 atom stereocenters. The third kappa shape index (κ3) is 3.17. The lowest BCUT2D eigenvalue weighted by Crippen LogP contribution is -2.47. The lowest BCUT2D eigenvalue weighted by Gasteiger charge is -2.36. The van der Waals surface area contributed by atoms with E-state index in [1.54, 1.807) is 12.1 Å². The van der Waals surface area contributed by atoms with Gasteiger partial charge in [-0.3, -0.25) is 15.5 Å². The summed E-state index contributed by atoms with van der Waals surface area (Å²) in [6, 6.07) is 6.64. The molecular weight excluding hydrogens is 264 g/mol. The lowest BCUT2D eigenvalue weighted by atomic mass is 10.2. The van der Waals surface area contributed by atoms with Gasteiger partial charge in [-0.05, 0) is 18.4 Å². The number of rotatable bonds is 2. The minimum atomic E-state index is -0.387. The number of anilines is 1. The molecular formula is C12H16N4O2S. The van der Waals surface area contributed by atoms with E-state index in [2.05, 4.69) is 4.90 Å². The summed E-state index contributed by atoms with van der Waals surface area (Å²) in [5, 5.41) is 19.0. The average molecular weight is 280 g/mol. The monoisotopic (exact) mass is 280 g/mol. The summed E-state index contributed by atoms with van der Waals surface area (Å²) in [4.78, 5) is 14.4. The van der Waals surface area contributed by atoms with Crippen LogP contribution in [0.2, 0.25) is 0 Å². The first kappa shape index (κ1) is 13.7. The van der Waals surface area contributed by atoms with Crippen LogP contribution in [0.15, 0.2) is 24.3 Å². The molecule has 1 N–H and O–H groups in total. The van der Waals surface area contributed by atoms with Gasteiger partial charge >= 0.3 is 0 Å². The molecule has 1 aliphatic rings. The van der Waals surface area contributed by atoms with Crippen LogP contribution in [0.5, 0.6) is 0 Å². The van der Waals surface area contributed by atoms with Gasteiger partial charge < -0.3 is 9.80 Å². The molecule has 0 bridgehead atoms. The lowest BCUT2D eigenvalue weighted by molar-refractivity contribution is -0.384. The van der Waals surface area contributed by atoms with Crippen LogP contribution in [0.4, 0.5) is 11.4 Å². The van der Waals surface area contributed by atoms with Gasteiger partial charge in [-0.2, -0.15) is 0 Å². The van der Waals surface area contributed by atoms with Gasteiger partial charge in [0.2, 0.25) is 0 Å². The molecule has 1 saturated heterocycles. The van der Waals surface area contributed by atoms with Gasteiger partial charge in [0.05, 0.1) is 4.92 Å². The van der Waals surface area contributed by atoms with Crippen LogP contribution in [0.25, 0.3) is 0 Å². The molecule has 0 radical (unpaired) electrons. The Hall–Kier alpha value is -1.76. The highest BCUT2D eigenvalue weighted by Gasteiger charge is 2.19. The van der Waals surface area contributed by atoms with Crippen LogP contribution in [-0.4, -0.2) is 47.4 Å². The summed E-state index contributed by atoms with van der Waals surface area (Å²) < 4.78 is 0. The topological polar surface area (TPSA) is 73.5 Å². The number of benzene rings is 1. The molecule has 7 heteroatoms. The molecule has 6 nitrogen and oxygen atoms in total. The largest absolute Gasteiger partial charge is 0.368 e. The Balaban J connectivity index is 1.97. The first-order chi connectivity index (χ1) is 9.11. The number of nitro groups is 1. The quantitative estimate of drug-likeness (QED) is 0.388. The van der Waals surface area contributed by atoms with Crippen molar-refractivity contribution in [3.05, 3.63) is 34.4 Å². The standard InChI is InChI=1S/C12H16N4O2S/c1-19-12(13)15-8-6-14(7-9-15)10-2-4-11(5-3-10)16(17)18/h2-5,13H,6-9H2,1H3. The first-order valence-corrected chi connectivity index (χ1v) is 7.21. The van der Waals surface area contributed by atoms with Crippen molar-refractivity contribution < 1.29 is 4.92 Å². The first-order valence-electron chi connectivity index (χ1n) is 5.98. The number of nitrogens with zero attached hydrogens (tertiary/aromatic N) is 3. The van der Waals surface area contributed by atoms with Crippen LogP contribution >= 0.6 is 11.8 Å². The summed E-state index contributed by atoms with van der Waals surface area (Å²) in [7, 11) is 0. The van der Waals surface area contributed by atoms with Crippen LogP contribution in [0, 0.1) is 15.5 Å². The second kappa shape index (κ2) is 5.92. The summed E-state index contributed by atoms with van der Waals surface area (Å²) in [5.74, 6) is 0. The van der Waals surface area contributed by atoms with E-state index in [0.29, 0.717) is 5.17 Å². The average Bonchev–Trinajstić information content (AvgIpc) is 2.46. The number of hydrogen-bond acceptors (Lipinski definition) is 5. The number of amidine groups is 1. The Morgan fingerprint density at radius 1 is 1.26 bits per heavy atom. The van der Waals surface area contributed by atoms with Gasteiger partial charge in [-0.1, -0.05) is 11.8 Å². The van der Waals surface area contributed by atoms with Crippen LogP contribution in [0.1, 0.15) is 0 Å². The Kier molecular flexibility index (Phi) is 4.26. The highest BCUT2D eigenvalue weighted by molar-refractivity contribution is 8.13. The molecule has 0 aromatic heterocycles. The highest BCUT2D eigenvalue weighted by Crippen LogP contribution is 2.21. The Morgan fingerprint density at radius 2 is 1.84 bits per heavy atom. The zero-order chi connectivity index (χ0) is 13.8. The van der Waals surface area contributed by atoms with Gasteiger partial charge in [0.1, 0.15) is 0 Å². The van der Waals surface area contributed by atoms with Crippen LogP contribution < -0.4 is 4.90 Å². The number of nitro benzene ring substituents is 1. The second-order valence-corrected chi connectivity index (χ2v) is 5.05. The van der Waals surface area contributed by atoms with Crippen molar-refractivity contribution in [1.29, 1.82) is 5.41 Å². The van der Waals surface area contributed by atoms with E-state index < -0.39 is 0 Å². The third-order valence-electron chi connectivity index (χ3n) is 3.19. The van der Waals surface area contributed by atoms with Gasteiger partial charge in [-0.15, -0.1) is 0 Å². The number of piperazine rings is 1. The Labute approximate surface area is 116 Å². The second-order valence-electron chi connectivity index (χ2n) is 4.26. The molecule has 1 heterocycles. The maximum atomic E-state index is 10.6. The van der Waals surface area contributed by atoms with Crippen LogP contribution in [0.3, 0.4) is 0 Å². The Morgan fingerprint density at radius 3 is 2.32 bits per heavy atom. The number of nitrogens with one attached hydrogen (secondary N) is 1. The van der Waals surface area contributed by atoms with E-state index >= 15 is 0 Å². The molecule has 1 fully saturated rings. The normalized spacial score (nSPS) is 15.4. The number of non-ortho nitro benzene ring substituents is 1. The van der Waals surface area contributed by atoms with Gasteiger partial charge in [0, 0.05) is 44.0 Å². The van der Waals surface area contributed by atoms with Gasteiger partial charge in [-0.25, -0.2) is 0 Å². The maximum Gasteiger partial charge on any atom is 0.269 e. The highest BCUT2D eigenvalue weighted by atomic mass is 32.2. The van der Waals surface area contributed by atoms with Gasteiger partial charge in [0.15, 0.2) is 5.17 Å². The molecule has 1 aromatic rings. The SMILES string of the molecule is CSC(=N)N1CCN(c2ccc([N+](=O)[O-])cc2)CC1. The van der Waals surface area contributed by atoms with E-state index in [0.717, 1.165) is 31.9 Å². The molecule has 0 unspecified atom stereocenters. The maximum absolute atomic E-state index is 10.6. The summed E-state index contributed by atoms with van der Waals surface area (Å²) in [6.07, 6.45) is 1.91. The van der Waals surface area contributed by atoms with Crippen molar-refractivity contribution in [2.45, 2.75) is 0 Å². The van der Waals surface area contributed by atoms with Crippen molar-refractivity contribution >= 4 is 28.3 Å².